The zero-order valence-corrected chi connectivity index (χ0v) is 15.6. The number of hydrogen-bond acceptors (Lipinski definition) is 2. The van der Waals surface area contributed by atoms with Crippen LogP contribution in [-0.4, -0.2) is 17.5 Å². The van der Waals surface area contributed by atoms with Gasteiger partial charge in [0.1, 0.15) is 12.3 Å². The van der Waals surface area contributed by atoms with Gasteiger partial charge in [0, 0.05) is 5.92 Å². The van der Waals surface area contributed by atoms with Crippen LogP contribution >= 0.6 is 0 Å². The minimum Gasteiger partial charge on any atom is -0.252 e. The maximum absolute atomic E-state index is 14.5. The molecule has 3 fully saturated rings. The molecule has 3 aliphatic carbocycles. The van der Waals surface area contributed by atoms with Crippen molar-refractivity contribution in [3.8, 4) is 0 Å². The Bertz CT molecular complexity index is 372. The molecular formula is C21H37FO2. The highest BCUT2D eigenvalue weighted by Crippen LogP contribution is 2.45. The summed E-state index contributed by atoms with van der Waals surface area (Å²) in [6.45, 7) is 4.52. The Balaban J connectivity index is 1.51. The quantitative estimate of drug-likeness (QED) is 0.484. The minimum atomic E-state index is -0.802. The first-order valence-electron chi connectivity index (χ1n) is 10.5. The molecule has 0 saturated heterocycles. The number of rotatable bonds is 4. The van der Waals surface area contributed by atoms with Gasteiger partial charge in [0.2, 0.25) is 0 Å². The largest absolute Gasteiger partial charge is 0.252 e. The minimum absolute atomic E-state index is 0.0942. The summed E-state index contributed by atoms with van der Waals surface area (Å²) in [6, 6.07) is 0. The number of hydrogen-bond donors (Lipinski definition) is 1. The second-order valence-electron chi connectivity index (χ2n) is 9.36. The van der Waals surface area contributed by atoms with E-state index in [1.165, 1.54) is 38.5 Å². The molecule has 4 unspecified atom stereocenters. The molecule has 2 nitrogen and oxygen atoms in total. The second kappa shape index (κ2) is 8.49. The Morgan fingerprint density at radius 1 is 0.792 bits per heavy atom. The molecule has 3 heteroatoms. The molecule has 4 atom stereocenters. The molecule has 3 saturated carbocycles. The highest BCUT2D eigenvalue weighted by Gasteiger charge is 2.41. The van der Waals surface area contributed by atoms with Crippen LogP contribution in [-0.2, 0) is 4.89 Å². The fraction of sp³-hybridized carbons (Fsp3) is 1.00. The smallest absolute Gasteiger partial charge is 0.106 e. The van der Waals surface area contributed by atoms with Crippen molar-refractivity contribution in [1.29, 1.82) is 0 Å². The summed E-state index contributed by atoms with van der Waals surface area (Å²) >= 11 is 0. The molecule has 0 spiro atoms. The van der Waals surface area contributed by atoms with E-state index in [2.05, 4.69) is 13.8 Å². The van der Waals surface area contributed by atoms with Crippen LogP contribution in [0.4, 0.5) is 4.39 Å². The van der Waals surface area contributed by atoms with E-state index in [0.29, 0.717) is 18.3 Å². The molecule has 0 heterocycles. The Kier molecular flexibility index (Phi) is 6.59. The lowest BCUT2D eigenvalue weighted by Crippen LogP contribution is -2.41. The monoisotopic (exact) mass is 340 g/mol. The molecule has 3 aliphatic rings. The second-order valence-corrected chi connectivity index (χ2v) is 9.36. The first kappa shape index (κ1) is 18.6. The number of alkyl halides is 1. The van der Waals surface area contributed by atoms with E-state index in [4.69, 9.17) is 4.89 Å². The van der Waals surface area contributed by atoms with Crippen molar-refractivity contribution in [2.75, 3.05) is 0 Å². The van der Waals surface area contributed by atoms with Gasteiger partial charge in [-0.25, -0.2) is 9.28 Å². The average molecular weight is 341 g/mol. The van der Waals surface area contributed by atoms with E-state index in [1.54, 1.807) is 0 Å². The molecular weight excluding hydrogens is 303 g/mol. The Morgan fingerprint density at radius 2 is 1.33 bits per heavy atom. The van der Waals surface area contributed by atoms with Crippen molar-refractivity contribution in [3.63, 3.8) is 0 Å². The summed E-state index contributed by atoms with van der Waals surface area (Å²) in [5.41, 5.74) is 0. The van der Waals surface area contributed by atoms with Gasteiger partial charge in [-0.1, -0.05) is 33.1 Å². The molecule has 0 radical (unpaired) electrons. The molecule has 3 rings (SSSR count). The lowest BCUT2D eigenvalue weighted by Gasteiger charge is -2.42. The zero-order valence-electron chi connectivity index (χ0n) is 15.6. The van der Waals surface area contributed by atoms with Gasteiger partial charge in [-0.05, 0) is 81.0 Å². The van der Waals surface area contributed by atoms with Crippen molar-refractivity contribution in [1.82, 2.24) is 0 Å². The van der Waals surface area contributed by atoms with Crippen molar-refractivity contribution in [3.05, 3.63) is 0 Å². The third-order valence-corrected chi connectivity index (χ3v) is 7.64. The lowest BCUT2D eigenvalue weighted by molar-refractivity contribution is -0.311. The first-order valence-corrected chi connectivity index (χ1v) is 10.5. The van der Waals surface area contributed by atoms with Crippen LogP contribution in [0.3, 0.4) is 0 Å². The van der Waals surface area contributed by atoms with Gasteiger partial charge < -0.3 is 0 Å². The zero-order chi connectivity index (χ0) is 17.1. The van der Waals surface area contributed by atoms with Crippen LogP contribution in [0.2, 0.25) is 0 Å². The summed E-state index contributed by atoms with van der Waals surface area (Å²) in [4.78, 5) is 4.89. The molecule has 1 N–H and O–H groups in total. The molecule has 24 heavy (non-hydrogen) atoms. The average Bonchev–Trinajstić information content (AvgIpc) is 2.59. The van der Waals surface area contributed by atoms with E-state index >= 15 is 0 Å². The highest BCUT2D eigenvalue weighted by molar-refractivity contribution is 4.90. The summed E-state index contributed by atoms with van der Waals surface area (Å²) < 4.78 is 14.5. The van der Waals surface area contributed by atoms with Crippen molar-refractivity contribution in [2.24, 2.45) is 35.5 Å². The van der Waals surface area contributed by atoms with Gasteiger partial charge in [0.25, 0.3) is 0 Å². The third kappa shape index (κ3) is 4.33. The highest BCUT2D eigenvalue weighted by atomic mass is 19.1. The van der Waals surface area contributed by atoms with Crippen molar-refractivity contribution in [2.45, 2.75) is 96.8 Å². The van der Waals surface area contributed by atoms with Crippen LogP contribution in [0.25, 0.3) is 0 Å². The predicted molar refractivity (Wildman–Crippen MR) is 95.5 cm³/mol. The SMILES string of the molecule is CC1CCC(C2CCC(C(OO)C3CCC(C)CC3F)CC2)CC1. The topological polar surface area (TPSA) is 29.5 Å². The van der Waals surface area contributed by atoms with E-state index in [0.717, 1.165) is 43.4 Å². The molecule has 0 amide bonds. The maximum Gasteiger partial charge on any atom is 0.106 e. The third-order valence-electron chi connectivity index (χ3n) is 7.64. The fourth-order valence-electron chi connectivity index (χ4n) is 5.92. The van der Waals surface area contributed by atoms with Gasteiger partial charge in [-0.3, -0.25) is 5.26 Å². The fourth-order valence-corrected chi connectivity index (χ4v) is 5.92. The van der Waals surface area contributed by atoms with E-state index < -0.39 is 6.17 Å². The van der Waals surface area contributed by atoms with Gasteiger partial charge in [-0.2, -0.15) is 0 Å². The Hall–Kier alpha value is -0.150. The van der Waals surface area contributed by atoms with Crippen molar-refractivity contribution >= 4 is 0 Å². The van der Waals surface area contributed by atoms with Gasteiger partial charge >= 0.3 is 0 Å². The van der Waals surface area contributed by atoms with Gasteiger partial charge in [0.15, 0.2) is 0 Å². The summed E-state index contributed by atoms with van der Waals surface area (Å²) in [5, 5.41) is 9.49. The van der Waals surface area contributed by atoms with Gasteiger partial charge in [0.05, 0.1) is 0 Å². The van der Waals surface area contributed by atoms with Crippen LogP contribution in [0.15, 0.2) is 0 Å². The van der Waals surface area contributed by atoms with Crippen LogP contribution in [0, 0.1) is 35.5 Å². The Labute approximate surface area is 147 Å². The number of halogens is 1. The van der Waals surface area contributed by atoms with Crippen LogP contribution in [0.1, 0.15) is 84.5 Å². The standard InChI is InChI=1S/C21H37FO2/c1-14-3-6-16(7-4-14)17-8-10-18(11-9-17)21(24-23)19-12-5-15(2)13-20(19)22/h14-21,23H,3-13H2,1-2H3. The molecule has 0 aromatic carbocycles. The van der Waals surface area contributed by atoms with E-state index in [1.807, 2.05) is 0 Å². The normalized spacial score (nSPS) is 45.8. The van der Waals surface area contributed by atoms with E-state index in [-0.39, 0.29) is 12.0 Å². The maximum atomic E-state index is 14.5. The molecule has 0 aliphatic heterocycles. The van der Waals surface area contributed by atoms with Crippen LogP contribution < -0.4 is 0 Å². The predicted octanol–water partition coefficient (Wildman–Crippen LogP) is 6.25. The summed E-state index contributed by atoms with van der Waals surface area (Å²) in [5.74, 6) is 3.43. The molecule has 0 aromatic heterocycles. The first-order chi connectivity index (χ1) is 11.6. The Morgan fingerprint density at radius 3 is 1.88 bits per heavy atom. The van der Waals surface area contributed by atoms with Gasteiger partial charge in [-0.15, -0.1) is 0 Å². The molecule has 0 aromatic rings. The van der Waals surface area contributed by atoms with Crippen LogP contribution in [0.5, 0.6) is 0 Å². The summed E-state index contributed by atoms with van der Waals surface area (Å²) in [7, 11) is 0. The van der Waals surface area contributed by atoms with Crippen molar-refractivity contribution < 1.29 is 14.5 Å². The summed E-state index contributed by atoms with van der Waals surface area (Å²) in [6.07, 6.45) is 11.8. The molecule has 0 bridgehead atoms. The van der Waals surface area contributed by atoms with E-state index in [9.17, 15) is 9.65 Å². The lowest BCUT2D eigenvalue weighted by atomic mass is 9.66. The molecule has 140 valence electrons.